The minimum absolute atomic E-state index is 0.314. The smallest absolute Gasteiger partial charge is 0.335 e. The normalized spacial score (nSPS) is 10.5. The predicted molar refractivity (Wildman–Crippen MR) is 73.7 cm³/mol. The molecule has 0 bridgehead atoms. The molecule has 0 saturated heterocycles. The molecule has 0 atom stereocenters. The zero-order valence-electron chi connectivity index (χ0n) is 11.3. The number of aryl methyl sites for hydroxylation is 2. The molecule has 0 saturated carbocycles. The Morgan fingerprint density at radius 2 is 2.05 bits per heavy atom. The number of nitrogens with zero attached hydrogens (tertiary/aromatic N) is 1. The second-order valence-corrected chi connectivity index (χ2v) is 4.66. The van der Waals surface area contributed by atoms with Gasteiger partial charge in [-0.05, 0) is 43.7 Å². The number of anilines is 1. The molecular weight excluding hydrogens is 242 g/mol. The van der Waals surface area contributed by atoms with E-state index >= 15 is 0 Å². The van der Waals surface area contributed by atoms with Crippen LogP contribution in [0.1, 0.15) is 27.2 Å². The third-order valence-corrected chi connectivity index (χ3v) is 3.23. The highest BCUT2D eigenvalue weighted by Gasteiger charge is 2.11. The largest absolute Gasteiger partial charge is 0.478 e. The van der Waals surface area contributed by atoms with Crippen molar-refractivity contribution in [2.45, 2.75) is 20.4 Å². The van der Waals surface area contributed by atoms with E-state index in [1.165, 1.54) is 0 Å². The molecule has 0 fully saturated rings. The monoisotopic (exact) mass is 259 g/mol. The number of aromatic carboxylic acids is 1. The Hall–Kier alpha value is -2.23. The van der Waals surface area contributed by atoms with Crippen molar-refractivity contribution in [2.24, 2.45) is 0 Å². The van der Waals surface area contributed by atoms with Crippen molar-refractivity contribution in [1.82, 2.24) is 0 Å². The van der Waals surface area contributed by atoms with E-state index < -0.39 is 5.97 Å². The summed E-state index contributed by atoms with van der Waals surface area (Å²) < 4.78 is 5.28. The molecule has 0 radical (unpaired) electrons. The van der Waals surface area contributed by atoms with Gasteiger partial charge in [-0.25, -0.2) is 4.79 Å². The summed E-state index contributed by atoms with van der Waals surface area (Å²) in [5.41, 5.74) is 3.41. The molecule has 19 heavy (non-hydrogen) atoms. The molecule has 0 spiro atoms. The Morgan fingerprint density at radius 3 is 2.58 bits per heavy atom. The van der Waals surface area contributed by atoms with Gasteiger partial charge in [0.05, 0.1) is 11.8 Å². The molecule has 1 heterocycles. The highest BCUT2D eigenvalue weighted by molar-refractivity contribution is 5.88. The number of carboxylic acids is 1. The minimum Gasteiger partial charge on any atom is -0.478 e. The first-order valence-corrected chi connectivity index (χ1v) is 6.07. The van der Waals surface area contributed by atoms with E-state index in [0.717, 1.165) is 29.1 Å². The number of benzene rings is 1. The zero-order valence-corrected chi connectivity index (χ0v) is 11.3. The molecule has 2 aromatic rings. The van der Waals surface area contributed by atoms with Crippen molar-refractivity contribution in [1.29, 1.82) is 0 Å². The minimum atomic E-state index is -0.900. The summed E-state index contributed by atoms with van der Waals surface area (Å²) in [6.45, 7) is 4.58. The number of hydrogen-bond acceptors (Lipinski definition) is 3. The third-order valence-electron chi connectivity index (χ3n) is 3.23. The lowest BCUT2D eigenvalue weighted by Crippen LogP contribution is -2.17. The second kappa shape index (κ2) is 5.18. The highest BCUT2D eigenvalue weighted by Crippen LogP contribution is 2.23. The van der Waals surface area contributed by atoms with Gasteiger partial charge in [-0.15, -0.1) is 0 Å². The van der Waals surface area contributed by atoms with Gasteiger partial charge in [0.25, 0.3) is 0 Å². The van der Waals surface area contributed by atoms with E-state index in [0.29, 0.717) is 5.56 Å². The fraction of sp³-hybridized carbons (Fsp3) is 0.267. The quantitative estimate of drug-likeness (QED) is 0.915. The van der Waals surface area contributed by atoms with Crippen molar-refractivity contribution in [3.05, 3.63) is 53.0 Å². The Morgan fingerprint density at radius 1 is 1.32 bits per heavy atom. The van der Waals surface area contributed by atoms with Crippen molar-refractivity contribution >= 4 is 11.7 Å². The summed E-state index contributed by atoms with van der Waals surface area (Å²) in [5, 5.41) is 8.96. The van der Waals surface area contributed by atoms with Crippen molar-refractivity contribution in [2.75, 3.05) is 11.9 Å². The van der Waals surface area contributed by atoms with Crippen LogP contribution < -0.4 is 4.90 Å². The molecule has 2 rings (SSSR count). The van der Waals surface area contributed by atoms with Crippen LogP contribution in [-0.2, 0) is 6.54 Å². The van der Waals surface area contributed by atoms with Crippen LogP contribution in [0.4, 0.5) is 5.69 Å². The van der Waals surface area contributed by atoms with Crippen LogP contribution in [0.25, 0.3) is 0 Å². The molecule has 0 aliphatic carbocycles. The Labute approximate surface area is 112 Å². The van der Waals surface area contributed by atoms with Crippen LogP contribution in [0.15, 0.2) is 34.9 Å². The summed E-state index contributed by atoms with van der Waals surface area (Å²) in [4.78, 5) is 13.0. The average Bonchev–Trinajstić information content (AvgIpc) is 2.74. The van der Waals surface area contributed by atoms with Crippen molar-refractivity contribution < 1.29 is 14.3 Å². The summed E-state index contributed by atoms with van der Waals surface area (Å²) in [7, 11) is 1.98. The molecular formula is C15H17NO3. The SMILES string of the molecule is Cc1cc(C(=O)O)ccc1N(C)Cc1ccoc1C. The first kappa shape index (κ1) is 13.2. The van der Waals surface area contributed by atoms with Gasteiger partial charge in [-0.1, -0.05) is 0 Å². The van der Waals surface area contributed by atoms with Crippen LogP contribution >= 0.6 is 0 Å². The molecule has 4 nitrogen and oxygen atoms in total. The maximum atomic E-state index is 10.9. The molecule has 4 heteroatoms. The van der Waals surface area contributed by atoms with Crippen molar-refractivity contribution in [3.8, 4) is 0 Å². The zero-order chi connectivity index (χ0) is 14.0. The van der Waals surface area contributed by atoms with Crippen LogP contribution in [0.3, 0.4) is 0 Å². The topological polar surface area (TPSA) is 53.7 Å². The number of carbonyl (C=O) groups is 1. The fourth-order valence-electron chi connectivity index (χ4n) is 2.13. The lowest BCUT2D eigenvalue weighted by Gasteiger charge is -2.21. The standard InChI is InChI=1S/C15H17NO3/c1-10-8-12(15(17)18)4-5-14(10)16(3)9-13-6-7-19-11(13)2/h4-8H,9H2,1-3H3,(H,17,18). The molecule has 1 N–H and O–H groups in total. The summed E-state index contributed by atoms with van der Waals surface area (Å²) in [6, 6.07) is 7.11. The van der Waals surface area contributed by atoms with Crippen LogP contribution in [0.2, 0.25) is 0 Å². The third kappa shape index (κ3) is 2.78. The van der Waals surface area contributed by atoms with Crippen LogP contribution in [-0.4, -0.2) is 18.1 Å². The Bertz CT molecular complexity index is 601. The number of hydrogen-bond donors (Lipinski definition) is 1. The van der Waals surface area contributed by atoms with Gasteiger partial charge < -0.3 is 14.4 Å². The predicted octanol–water partition coefficient (Wildman–Crippen LogP) is 3.23. The van der Waals surface area contributed by atoms with E-state index in [1.54, 1.807) is 18.4 Å². The first-order chi connectivity index (χ1) is 8.99. The molecule has 1 aromatic heterocycles. The second-order valence-electron chi connectivity index (χ2n) is 4.66. The summed E-state index contributed by atoms with van der Waals surface area (Å²) in [5.74, 6) is 0.00893. The Balaban J connectivity index is 2.22. The van der Waals surface area contributed by atoms with Gasteiger partial charge in [-0.2, -0.15) is 0 Å². The van der Waals surface area contributed by atoms with Gasteiger partial charge in [0.2, 0.25) is 0 Å². The number of furan rings is 1. The number of rotatable bonds is 4. The highest BCUT2D eigenvalue weighted by atomic mass is 16.4. The maximum Gasteiger partial charge on any atom is 0.335 e. The first-order valence-electron chi connectivity index (χ1n) is 6.07. The summed E-state index contributed by atoms with van der Waals surface area (Å²) >= 11 is 0. The van der Waals surface area contributed by atoms with Gasteiger partial charge in [0.15, 0.2) is 0 Å². The molecule has 0 aliphatic heterocycles. The molecule has 100 valence electrons. The van der Waals surface area contributed by atoms with Crippen molar-refractivity contribution in [3.63, 3.8) is 0 Å². The summed E-state index contributed by atoms with van der Waals surface area (Å²) in [6.07, 6.45) is 1.68. The van der Waals surface area contributed by atoms with Gasteiger partial charge in [0, 0.05) is 24.8 Å². The average molecular weight is 259 g/mol. The fourth-order valence-corrected chi connectivity index (χ4v) is 2.13. The van der Waals surface area contributed by atoms with Crippen LogP contribution in [0.5, 0.6) is 0 Å². The lowest BCUT2D eigenvalue weighted by molar-refractivity contribution is 0.0697. The molecule has 0 aliphatic rings. The maximum absolute atomic E-state index is 10.9. The molecule has 0 unspecified atom stereocenters. The van der Waals surface area contributed by atoms with E-state index in [4.69, 9.17) is 9.52 Å². The van der Waals surface area contributed by atoms with Gasteiger partial charge >= 0.3 is 5.97 Å². The van der Waals surface area contributed by atoms with E-state index in [9.17, 15) is 4.79 Å². The van der Waals surface area contributed by atoms with E-state index in [-0.39, 0.29) is 0 Å². The molecule has 1 aromatic carbocycles. The van der Waals surface area contributed by atoms with E-state index in [1.807, 2.05) is 33.0 Å². The number of carboxylic acid groups (broad SMARTS) is 1. The Kier molecular flexibility index (Phi) is 3.60. The molecule has 0 amide bonds. The lowest BCUT2D eigenvalue weighted by atomic mass is 10.1. The van der Waals surface area contributed by atoms with E-state index in [2.05, 4.69) is 4.90 Å². The van der Waals surface area contributed by atoms with Crippen LogP contribution in [0, 0.1) is 13.8 Å². The van der Waals surface area contributed by atoms with Gasteiger partial charge in [0.1, 0.15) is 5.76 Å². The van der Waals surface area contributed by atoms with Gasteiger partial charge in [-0.3, -0.25) is 0 Å².